The second-order valence-electron chi connectivity index (χ2n) is 35.2. The number of phenolic OH excluding ortho intramolecular Hbond substituents is 2. The number of phenols is 2. The molecule has 49 heteroatoms. The molecule has 7 heterocycles. The molecule has 0 saturated carbocycles. The maximum Gasteiger partial charge on any atom is 0.472 e. The Bertz CT molecular complexity index is 5850. The van der Waals surface area contributed by atoms with Gasteiger partial charge in [0.1, 0.15) is 59.8 Å². The number of anilines is 1. The summed E-state index contributed by atoms with van der Waals surface area (Å²) in [7, 11) is -5.29. The van der Waals surface area contributed by atoms with Crippen LogP contribution in [0.3, 0.4) is 0 Å². The number of rotatable bonds is 47. The normalized spacial score (nSPS) is 21.7. The number of primary amides is 1. The van der Waals surface area contributed by atoms with Crippen molar-refractivity contribution in [2.24, 2.45) is 45.9 Å². The maximum absolute atomic E-state index is 16.8. The predicted molar refractivity (Wildman–Crippen MR) is 512 cm³/mol. The molecule has 18 atom stereocenters. The fourth-order valence-corrected chi connectivity index (χ4v) is 18.7. The average Bonchev–Trinajstić information content (AvgIpc) is 1.61. The zero-order valence-corrected chi connectivity index (χ0v) is 81.2. The summed E-state index contributed by atoms with van der Waals surface area (Å²) in [5, 5.41) is 49.3. The number of imidazole rings is 1. The van der Waals surface area contributed by atoms with Gasteiger partial charge in [-0.05, 0) is 147 Å². The van der Waals surface area contributed by atoms with Crippen molar-refractivity contribution in [2.45, 2.75) is 223 Å². The number of aromatic hydroxyl groups is 2. The Labute approximate surface area is 819 Å². The summed E-state index contributed by atoms with van der Waals surface area (Å²) in [5.74, 6) is -8.24. The van der Waals surface area contributed by atoms with Crippen LogP contribution in [0.15, 0.2) is 155 Å². The predicted octanol–water partition coefficient (Wildman–Crippen LogP) is 4.26. The lowest BCUT2D eigenvalue weighted by Crippen LogP contribution is -2.54. The zero-order valence-electron chi connectivity index (χ0n) is 78.6. The lowest BCUT2D eigenvalue weighted by atomic mass is 9.89. The number of carbonyl (C=O) groups is 12. The third-order valence-electron chi connectivity index (χ3n) is 23.7. The third-order valence-corrected chi connectivity index (χ3v) is 26.2. The summed E-state index contributed by atoms with van der Waals surface area (Å²) < 4.78 is 81.2. The average molecular weight is 2040 g/mol. The summed E-state index contributed by atoms with van der Waals surface area (Å²) in [6.07, 6.45) is -5.93. The number of aromatic amines is 1. The van der Waals surface area contributed by atoms with E-state index in [-0.39, 0.29) is 135 Å². The van der Waals surface area contributed by atoms with Gasteiger partial charge in [0.15, 0.2) is 53.8 Å². The van der Waals surface area contributed by atoms with Crippen LogP contribution in [0.4, 0.5) is 19.3 Å². The highest BCUT2D eigenvalue weighted by molar-refractivity contribution is 8.07. The number of halogens is 2. The fourth-order valence-electron chi connectivity index (χ4n) is 16.3. The number of alkyl halides is 2. The number of phosphoric acid groups is 1. The molecule has 0 bridgehead atoms. The number of ketones is 3. The number of benzene rings is 4. The Kier molecular flexibility index (Phi) is 41.5. The number of hydrogen-bond acceptors (Lipinski definition) is 29. The number of aliphatic hydroxyl groups is 1. The molecule has 0 spiro atoms. The van der Waals surface area contributed by atoms with E-state index in [4.69, 9.17) is 56.6 Å². The first-order chi connectivity index (χ1) is 67.5. The molecule has 142 heavy (non-hydrogen) atoms. The van der Waals surface area contributed by atoms with Gasteiger partial charge in [-0.1, -0.05) is 101 Å². The van der Waals surface area contributed by atoms with E-state index in [2.05, 4.69) is 57.2 Å². The number of amides is 10. The molecule has 11 rings (SSSR count). The third kappa shape index (κ3) is 33.2. The topological polar surface area (TPSA) is 655 Å². The zero-order chi connectivity index (χ0) is 103. The molecule has 4 aliphatic heterocycles. The second-order valence-corrected chi connectivity index (χ2v) is 39.4. The Morgan fingerprint density at radius 1 is 0.627 bits per heavy atom. The van der Waals surface area contributed by atoms with Gasteiger partial charge in [-0.25, -0.2) is 37.9 Å². The monoisotopic (exact) mass is 2040 g/mol. The van der Waals surface area contributed by atoms with Crippen LogP contribution in [0.25, 0.3) is 11.2 Å². The van der Waals surface area contributed by atoms with E-state index < -0.39 is 196 Å². The lowest BCUT2D eigenvalue weighted by molar-refractivity contribution is -0.137. The highest BCUT2D eigenvalue weighted by Gasteiger charge is 2.55. The van der Waals surface area contributed by atoms with Gasteiger partial charge in [0.2, 0.25) is 35.4 Å². The molecule has 0 aliphatic carbocycles. The second kappa shape index (κ2) is 52.9. The number of nitrogens with zero attached hydrogens (tertiary/aromatic N) is 7. The van der Waals surface area contributed by atoms with E-state index in [9.17, 15) is 96.8 Å². The maximum atomic E-state index is 16.8. The molecule has 768 valence electrons. The number of nitrogens with one attached hydrogen (secondary N) is 8. The first-order valence-electron chi connectivity index (χ1n) is 46.2. The van der Waals surface area contributed by atoms with Gasteiger partial charge in [-0.15, -0.1) is 0 Å². The van der Waals surface area contributed by atoms with Crippen molar-refractivity contribution in [1.29, 1.82) is 0 Å². The van der Waals surface area contributed by atoms with Crippen molar-refractivity contribution >= 4 is 120 Å². The Morgan fingerprint density at radius 3 is 1.84 bits per heavy atom. The number of ether oxygens (including phenoxy) is 2. The van der Waals surface area contributed by atoms with Crippen molar-refractivity contribution in [3.05, 3.63) is 189 Å². The number of fused-ring (bicyclic) bond motifs is 3. The fraction of sp³-hybridized carbons (Fsp3) is 0.484. The minimum absolute atomic E-state index is 0.00931. The number of nitrogens with two attached hydrogens (primary N) is 3. The standard InChI is InChI=1S/C63H70F2N10O18P2S.C30H50N8O8/c1-34(2)25-46(71-58(81)40(26-37-11-18-42(77)19-12-37)29-48(79)44(69-35(3)76)22-15-36-7-5-4-6-8-36)60(83)72-47(28-39-13-20-43(78)21-14-39)59(82)70-41-16-9-38(10-17-41)27-45-54-57(67-32-66-45)75(33-68-54)62-52(64)55-50(91-62)31-89-95(87,96)93-56-49(30-88-94(85,86)92-55)90-61(53(56)65)74-24-23-51(80)73-63(74)84;1-3-8-22(40)27(19(2)13-15-35-30(33)46)37-28(45)20(18-39)17-23(41)21(9-7-14-34-29(31)32)36-24(42)10-5-4-6-16-38-25(43)11-12-26(38)44/h4-14,16-21,23-24,32-34,40,44,46-47,49-50,52-53,55-56,61-62,77-78H,15,22,25-31H2,1-3H3,(H,69,76)(H,70,82)(H,71,81)(H,72,83)(H,85,86)(H,87,96)(H,73,80,84);11-12,19-21,27,39H,3-10,13-18H2,1-2H3,(H,36,42)(H,37,45)(H4,31,32,34)(H3,33,35,46)/t40-,44+,46+,47+,49-,50-,52-,53-,55-,56-,61-,62-,95?;19?,20-,21-,27-/m10/s1. The number of guanidine groups is 1. The summed E-state index contributed by atoms with van der Waals surface area (Å²) in [6.45, 7) is 2.23. The number of aromatic nitrogens is 6. The van der Waals surface area contributed by atoms with E-state index in [1.165, 1.54) is 60.6 Å². The van der Waals surface area contributed by atoms with Gasteiger partial charge in [0.25, 0.3) is 17.4 Å². The van der Waals surface area contributed by atoms with Crippen LogP contribution in [-0.2, 0) is 122 Å². The van der Waals surface area contributed by atoms with Gasteiger partial charge in [-0.3, -0.25) is 95.1 Å². The van der Waals surface area contributed by atoms with E-state index in [1.54, 1.807) is 55.5 Å². The molecule has 10 amide bonds. The molecular weight excluding hydrogens is 1920 g/mol. The largest absolute Gasteiger partial charge is 0.508 e. The number of Topliss-reactive ketones (excluding diaryl/α,β-unsaturated/α-hetero) is 3. The number of urea groups is 1. The molecular formula is C93H120F2N18O26P2S. The van der Waals surface area contributed by atoms with Gasteiger partial charge in [0.05, 0.1) is 55.9 Å². The number of aryl methyl sites for hydroxylation is 1. The van der Waals surface area contributed by atoms with E-state index >= 15 is 8.78 Å². The van der Waals surface area contributed by atoms with Gasteiger partial charge >= 0.3 is 26.3 Å². The van der Waals surface area contributed by atoms with Crippen LogP contribution >= 0.6 is 14.5 Å². The number of carbonyl (C=O) groups excluding carboxylic acids is 12. The first-order valence-corrected chi connectivity index (χ1v) is 50.3. The number of hydrogen-bond donors (Lipinski definition) is 16. The van der Waals surface area contributed by atoms with Crippen molar-refractivity contribution in [2.75, 3.05) is 44.8 Å². The molecule has 4 aliphatic rings. The first kappa shape index (κ1) is 111. The number of imide groups is 1. The molecule has 3 saturated heterocycles. The van der Waals surface area contributed by atoms with Gasteiger partial charge in [0, 0.05) is 101 Å². The summed E-state index contributed by atoms with van der Waals surface area (Å²) in [6, 6.07) is 23.1. The SMILES string of the molecule is CC(=O)N[C@@H](CCc1ccccc1)C(=O)C[C@@H](Cc1ccc(O)cc1)C(=O)N[C@@H](CC(C)C)C(=O)N[C@@H](Cc1ccc(O)cc1)C(=O)Nc1ccc(Cc2ncnc3c2ncn3[C@@H]2O[C@@H]3COP(O)(=S)O[C@H]4[C@@H](F)[C@H](n5ccc(=O)[nH]c5=O)O[C@@H]4COP(=O)(O)O[C@H]3[C@H]2F)cc1.CCCC(=O)[C@@H](NC(=O)[C@H](CO)CC(=O)[C@H](CCCN=C(N)N)NC(=O)CCCCCN1C(=O)C=CC1=O)C(C)CCNC(N)=O. The highest BCUT2D eigenvalue weighted by atomic mass is 32.5. The molecule has 3 aromatic heterocycles. The Morgan fingerprint density at radius 2 is 1.23 bits per heavy atom. The highest BCUT2D eigenvalue weighted by Crippen LogP contribution is 2.55. The summed E-state index contributed by atoms with van der Waals surface area (Å²) in [4.78, 5) is 223. The molecule has 7 aromatic rings. The number of phosphoric ester groups is 1. The number of aliphatic hydroxyl groups excluding tert-OH is 1. The lowest BCUT2D eigenvalue weighted by Gasteiger charge is -2.28. The Hall–Kier alpha value is -12.7. The van der Waals surface area contributed by atoms with Gasteiger partial charge in [-0.2, -0.15) is 0 Å². The van der Waals surface area contributed by atoms with Crippen molar-refractivity contribution in [1.82, 2.24) is 65.9 Å². The van der Waals surface area contributed by atoms with Crippen molar-refractivity contribution in [3.8, 4) is 11.5 Å². The number of aliphatic imine (C=N–C) groups is 1. The number of unbranched alkanes of at least 4 members (excludes halogenated alkanes) is 2. The van der Waals surface area contributed by atoms with E-state index in [1.807, 2.05) is 56.1 Å². The minimum Gasteiger partial charge on any atom is -0.508 e. The van der Waals surface area contributed by atoms with Crippen LogP contribution in [0.2, 0.25) is 0 Å². The van der Waals surface area contributed by atoms with E-state index in [0.29, 0.717) is 77.6 Å². The molecule has 3 fully saturated rings. The Balaban J connectivity index is 0.000000379. The van der Waals surface area contributed by atoms with E-state index in [0.717, 1.165) is 22.7 Å². The summed E-state index contributed by atoms with van der Waals surface area (Å²) >= 11 is 5.18. The van der Waals surface area contributed by atoms with Crippen LogP contribution in [-0.4, -0.2) is 242 Å². The van der Waals surface area contributed by atoms with Gasteiger partial charge < -0.3 is 93.5 Å². The van der Waals surface area contributed by atoms with Crippen LogP contribution in [0.1, 0.15) is 158 Å². The quantitative estimate of drug-likeness (QED) is 0.00833. The molecule has 4 aromatic carbocycles. The molecule has 44 nitrogen and oxygen atoms in total. The van der Waals surface area contributed by atoms with Crippen LogP contribution in [0, 0.1) is 23.7 Å². The molecule has 3 unspecified atom stereocenters. The minimum atomic E-state index is -5.29. The van der Waals surface area contributed by atoms with Crippen LogP contribution in [0.5, 0.6) is 11.5 Å². The molecule has 0 radical (unpaired) electrons. The summed E-state index contributed by atoms with van der Waals surface area (Å²) in [5.41, 5.74) is 17.6. The molecule has 19 N–H and O–H groups in total. The van der Waals surface area contributed by atoms with Crippen LogP contribution < -0.4 is 65.7 Å². The van der Waals surface area contributed by atoms with Crippen molar-refractivity contribution in [3.63, 3.8) is 0 Å². The van der Waals surface area contributed by atoms with Crippen molar-refractivity contribution < 1.29 is 124 Å². The number of H-pyrrole nitrogens is 1. The smallest absolute Gasteiger partial charge is 0.472 e.